The lowest BCUT2D eigenvalue weighted by molar-refractivity contribution is 0.576. The zero-order chi connectivity index (χ0) is 13.9. The van der Waals surface area contributed by atoms with Gasteiger partial charge in [-0.25, -0.2) is 4.98 Å². The predicted molar refractivity (Wildman–Crippen MR) is 85.5 cm³/mol. The van der Waals surface area contributed by atoms with E-state index >= 15 is 0 Å². The van der Waals surface area contributed by atoms with Gasteiger partial charge in [0.25, 0.3) is 0 Å². The molecule has 3 heteroatoms. The molecule has 0 spiro atoms. The normalized spacial score (nSPS) is 16.3. The van der Waals surface area contributed by atoms with E-state index in [2.05, 4.69) is 53.8 Å². The number of nitrogens with one attached hydrogen (secondary N) is 1. The molecule has 106 valence electrons. The standard InChI is InChI=1S/C17H22N2S/c1-12-3-5-14(6-4-12)15(10-18-16-7-8-16)9-17-19-13(2)11-20-17/h3-6,11,15-16,18H,7-10H2,1-2H3. The Kier molecular flexibility index (Phi) is 4.18. The fourth-order valence-electron chi connectivity index (χ4n) is 2.45. The lowest BCUT2D eigenvalue weighted by Gasteiger charge is -2.17. The predicted octanol–water partition coefficient (Wildman–Crippen LogP) is 3.84. The zero-order valence-corrected chi connectivity index (χ0v) is 13.0. The number of hydrogen-bond acceptors (Lipinski definition) is 3. The van der Waals surface area contributed by atoms with Crippen LogP contribution >= 0.6 is 11.3 Å². The summed E-state index contributed by atoms with van der Waals surface area (Å²) in [5.41, 5.74) is 3.90. The molecule has 0 amide bonds. The highest BCUT2D eigenvalue weighted by molar-refractivity contribution is 7.09. The highest BCUT2D eigenvalue weighted by Gasteiger charge is 2.23. The van der Waals surface area contributed by atoms with Gasteiger partial charge in [0, 0.05) is 36.0 Å². The molecule has 1 atom stereocenters. The summed E-state index contributed by atoms with van der Waals surface area (Å²) in [4.78, 5) is 4.63. The maximum atomic E-state index is 4.63. The van der Waals surface area contributed by atoms with Crippen LogP contribution in [0.4, 0.5) is 0 Å². The zero-order valence-electron chi connectivity index (χ0n) is 12.2. The van der Waals surface area contributed by atoms with Gasteiger partial charge in [-0.15, -0.1) is 11.3 Å². The van der Waals surface area contributed by atoms with Gasteiger partial charge in [0.1, 0.15) is 0 Å². The van der Waals surface area contributed by atoms with E-state index in [0.717, 1.165) is 24.7 Å². The Morgan fingerprint density at radius 3 is 2.60 bits per heavy atom. The van der Waals surface area contributed by atoms with Crippen molar-refractivity contribution in [3.8, 4) is 0 Å². The second kappa shape index (κ2) is 6.06. The SMILES string of the molecule is Cc1ccc(C(CNC2CC2)Cc2nc(C)cs2)cc1. The first-order chi connectivity index (χ1) is 9.70. The molecule has 1 N–H and O–H groups in total. The Morgan fingerprint density at radius 1 is 1.25 bits per heavy atom. The number of aromatic nitrogens is 1. The third kappa shape index (κ3) is 3.68. The minimum Gasteiger partial charge on any atom is -0.313 e. The van der Waals surface area contributed by atoms with E-state index in [4.69, 9.17) is 0 Å². The average Bonchev–Trinajstić information content (AvgIpc) is 3.18. The van der Waals surface area contributed by atoms with Crippen LogP contribution in [0, 0.1) is 13.8 Å². The van der Waals surface area contributed by atoms with Crippen molar-refractivity contribution in [3.05, 3.63) is 51.5 Å². The summed E-state index contributed by atoms with van der Waals surface area (Å²) < 4.78 is 0. The van der Waals surface area contributed by atoms with Gasteiger partial charge in [-0.2, -0.15) is 0 Å². The summed E-state index contributed by atoms with van der Waals surface area (Å²) in [5, 5.41) is 7.08. The lowest BCUT2D eigenvalue weighted by Crippen LogP contribution is -2.24. The molecule has 20 heavy (non-hydrogen) atoms. The van der Waals surface area contributed by atoms with Crippen LogP contribution < -0.4 is 5.32 Å². The molecule has 1 aliphatic rings. The Balaban J connectivity index is 1.73. The van der Waals surface area contributed by atoms with Gasteiger partial charge in [-0.05, 0) is 32.3 Å². The van der Waals surface area contributed by atoms with Gasteiger partial charge in [-0.1, -0.05) is 29.8 Å². The summed E-state index contributed by atoms with van der Waals surface area (Å²) >= 11 is 1.79. The van der Waals surface area contributed by atoms with Crippen LogP contribution in [0.1, 0.15) is 40.6 Å². The average molecular weight is 286 g/mol. The molecule has 1 fully saturated rings. The van der Waals surface area contributed by atoms with Crippen LogP contribution in [0.25, 0.3) is 0 Å². The summed E-state index contributed by atoms with van der Waals surface area (Å²) in [6.45, 7) is 5.28. The molecular formula is C17H22N2S. The van der Waals surface area contributed by atoms with Crippen molar-refractivity contribution in [2.45, 2.75) is 45.1 Å². The molecule has 1 unspecified atom stereocenters. The van der Waals surface area contributed by atoms with Crippen molar-refractivity contribution >= 4 is 11.3 Å². The Labute approximate surface area is 125 Å². The summed E-state index contributed by atoms with van der Waals surface area (Å²) in [6, 6.07) is 9.74. The van der Waals surface area contributed by atoms with Gasteiger partial charge in [0.2, 0.25) is 0 Å². The minimum absolute atomic E-state index is 0.529. The molecule has 0 saturated heterocycles. The van der Waals surface area contributed by atoms with E-state index in [1.807, 2.05) is 0 Å². The van der Waals surface area contributed by atoms with E-state index in [0.29, 0.717) is 5.92 Å². The maximum absolute atomic E-state index is 4.63. The number of hydrogen-bond donors (Lipinski definition) is 1. The fraction of sp³-hybridized carbons (Fsp3) is 0.471. The highest BCUT2D eigenvalue weighted by atomic mass is 32.1. The van der Waals surface area contributed by atoms with Crippen LogP contribution in [0.5, 0.6) is 0 Å². The number of aryl methyl sites for hydroxylation is 2. The summed E-state index contributed by atoms with van der Waals surface area (Å²) in [7, 11) is 0. The molecular weight excluding hydrogens is 264 g/mol. The molecule has 1 aromatic heterocycles. The monoisotopic (exact) mass is 286 g/mol. The van der Waals surface area contributed by atoms with Crippen LogP contribution in [0.15, 0.2) is 29.6 Å². The first-order valence-corrected chi connectivity index (χ1v) is 8.29. The highest BCUT2D eigenvalue weighted by Crippen LogP contribution is 2.25. The Hall–Kier alpha value is -1.19. The van der Waals surface area contributed by atoms with E-state index in [-0.39, 0.29) is 0 Å². The van der Waals surface area contributed by atoms with Crippen LogP contribution in [-0.2, 0) is 6.42 Å². The first-order valence-electron chi connectivity index (χ1n) is 7.41. The summed E-state index contributed by atoms with van der Waals surface area (Å²) in [5.74, 6) is 0.529. The van der Waals surface area contributed by atoms with Crippen LogP contribution in [0.3, 0.4) is 0 Å². The van der Waals surface area contributed by atoms with Gasteiger partial charge in [0.05, 0.1) is 5.01 Å². The topological polar surface area (TPSA) is 24.9 Å². The van der Waals surface area contributed by atoms with Gasteiger partial charge < -0.3 is 5.32 Å². The van der Waals surface area contributed by atoms with E-state index in [9.17, 15) is 0 Å². The van der Waals surface area contributed by atoms with E-state index < -0.39 is 0 Å². The summed E-state index contributed by atoms with van der Waals surface area (Å²) in [6.07, 6.45) is 3.73. The van der Waals surface area contributed by atoms with Crippen molar-refractivity contribution in [3.63, 3.8) is 0 Å². The molecule has 2 nitrogen and oxygen atoms in total. The molecule has 0 radical (unpaired) electrons. The second-order valence-electron chi connectivity index (χ2n) is 5.88. The quantitative estimate of drug-likeness (QED) is 0.873. The van der Waals surface area contributed by atoms with Crippen molar-refractivity contribution in [2.75, 3.05) is 6.54 Å². The lowest BCUT2D eigenvalue weighted by atomic mass is 9.95. The molecule has 1 heterocycles. The van der Waals surface area contributed by atoms with Crippen molar-refractivity contribution in [2.24, 2.45) is 0 Å². The van der Waals surface area contributed by atoms with E-state index in [1.54, 1.807) is 11.3 Å². The second-order valence-corrected chi connectivity index (χ2v) is 6.82. The fourth-order valence-corrected chi connectivity index (χ4v) is 3.30. The van der Waals surface area contributed by atoms with Crippen molar-refractivity contribution < 1.29 is 0 Å². The van der Waals surface area contributed by atoms with Gasteiger partial charge >= 0.3 is 0 Å². The molecule has 2 aromatic rings. The maximum Gasteiger partial charge on any atom is 0.0934 e. The molecule has 1 saturated carbocycles. The van der Waals surface area contributed by atoms with Crippen molar-refractivity contribution in [1.82, 2.24) is 10.3 Å². The smallest absolute Gasteiger partial charge is 0.0934 e. The Bertz CT molecular complexity index is 555. The van der Waals surface area contributed by atoms with Gasteiger partial charge in [0.15, 0.2) is 0 Å². The van der Waals surface area contributed by atoms with Crippen LogP contribution in [-0.4, -0.2) is 17.6 Å². The Morgan fingerprint density at radius 2 is 2.00 bits per heavy atom. The minimum atomic E-state index is 0.529. The van der Waals surface area contributed by atoms with Gasteiger partial charge in [-0.3, -0.25) is 0 Å². The van der Waals surface area contributed by atoms with E-state index in [1.165, 1.54) is 29.0 Å². The van der Waals surface area contributed by atoms with Crippen LogP contribution in [0.2, 0.25) is 0 Å². The third-order valence-corrected chi connectivity index (χ3v) is 4.86. The number of thiazole rings is 1. The molecule has 0 aliphatic heterocycles. The third-order valence-electron chi connectivity index (χ3n) is 3.87. The number of nitrogens with zero attached hydrogens (tertiary/aromatic N) is 1. The molecule has 1 aliphatic carbocycles. The first kappa shape index (κ1) is 13.8. The number of rotatable bonds is 6. The van der Waals surface area contributed by atoms with Crippen molar-refractivity contribution in [1.29, 1.82) is 0 Å². The largest absolute Gasteiger partial charge is 0.313 e. The molecule has 3 rings (SSSR count). The number of benzene rings is 1. The molecule has 0 bridgehead atoms. The molecule has 1 aromatic carbocycles.